The molecule has 1 amide bonds. The summed E-state index contributed by atoms with van der Waals surface area (Å²) in [7, 11) is -3.60. The number of nitrogens with two attached hydrogens (primary N) is 1. The largest absolute Gasteiger partial charge is 0.378 e. The second kappa shape index (κ2) is 7.18. The number of rotatable bonds is 6. The summed E-state index contributed by atoms with van der Waals surface area (Å²) >= 11 is 0. The number of amides is 1. The van der Waals surface area contributed by atoms with E-state index in [9.17, 15) is 13.2 Å². The Balaban J connectivity index is 1.63. The van der Waals surface area contributed by atoms with Crippen LogP contribution in [0.15, 0.2) is 29.2 Å². The average Bonchev–Trinajstić information content (AvgIpc) is 3.45. The molecule has 1 aliphatic heterocycles. The van der Waals surface area contributed by atoms with Gasteiger partial charge < -0.3 is 15.4 Å². The Morgan fingerprint density at radius 2 is 1.88 bits per heavy atom. The second-order valence-electron chi connectivity index (χ2n) is 6.28. The highest BCUT2D eigenvalue weighted by molar-refractivity contribution is 7.89. The van der Waals surface area contributed by atoms with E-state index < -0.39 is 10.0 Å². The van der Waals surface area contributed by atoms with Gasteiger partial charge in [0.25, 0.3) is 5.91 Å². The van der Waals surface area contributed by atoms with Gasteiger partial charge in [0.15, 0.2) is 0 Å². The lowest BCUT2D eigenvalue weighted by atomic mass is 10.2. The molecular formula is C16H23N3O4S. The highest BCUT2D eigenvalue weighted by atomic mass is 32.2. The van der Waals surface area contributed by atoms with E-state index in [1.165, 1.54) is 12.1 Å². The maximum absolute atomic E-state index is 12.3. The summed E-state index contributed by atoms with van der Waals surface area (Å²) in [5.74, 6) is 0.326. The van der Waals surface area contributed by atoms with Crippen LogP contribution in [0.25, 0.3) is 0 Å². The molecule has 0 radical (unpaired) electrons. The van der Waals surface area contributed by atoms with Gasteiger partial charge in [-0.05, 0) is 43.0 Å². The van der Waals surface area contributed by atoms with Gasteiger partial charge in [-0.25, -0.2) is 13.1 Å². The van der Waals surface area contributed by atoms with Crippen LogP contribution in [0.3, 0.4) is 0 Å². The summed E-state index contributed by atoms with van der Waals surface area (Å²) in [6.45, 7) is 2.41. The molecule has 1 aromatic rings. The van der Waals surface area contributed by atoms with Gasteiger partial charge in [-0.2, -0.15) is 0 Å². The monoisotopic (exact) mass is 353 g/mol. The number of sulfonamides is 1. The van der Waals surface area contributed by atoms with Crippen LogP contribution >= 0.6 is 0 Å². The molecule has 3 rings (SSSR count). The first-order valence-corrected chi connectivity index (χ1v) is 9.68. The van der Waals surface area contributed by atoms with Crippen LogP contribution < -0.4 is 10.5 Å². The van der Waals surface area contributed by atoms with Crippen LogP contribution in [-0.4, -0.2) is 58.1 Å². The van der Waals surface area contributed by atoms with Gasteiger partial charge in [0.2, 0.25) is 10.0 Å². The summed E-state index contributed by atoms with van der Waals surface area (Å²) in [6.07, 6.45) is 2.14. The minimum absolute atomic E-state index is 0.106. The van der Waals surface area contributed by atoms with Crippen molar-refractivity contribution in [1.29, 1.82) is 0 Å². The normalized spacial score (nSPS) is 20.0. The van der Waals surface area contributed by atoms with Crippen molar-refractivity contribution in [2.45, 2.75) is 23.8 Å². The molecule has 1 saturated carbocycles. The quantitative estimate of drug-likeness (QED) is 0.759. The SMILES string of the molecule is NC(CNS(=O)(=O)c1ccc(C(=O)N2CCOCC2)cc1)C1CC1. The lowest BCUT2D eigenvalue weighted by Crippen LogP contribution is -2.40. The molecule has 0 aromatic heterocycles. The fourth-order valence-corrected chi connectivity index (χ4v) is 3.78. The summed E-state index contributed by atoms with van der Waals surface area (Å²) < 4.78 is 32.3. The third-order valence-electron chi connectivity index (χ3n) is 4.45. The molecule has 132 valence electrons. The van der Waals surface area contributed by atoms with Crippen molar-refractivity contribution in [1.82, 2.24) is 9.62 Å². The maximum Gasteiger partial charge on any atom is 0.254 e. The van der Waals surface area contributed by atoms with E-state index in [4.69, 9.17) is 10.5 Å². The molecule has 0 spiro atoms. The van der Waals surface area contributed by atoms with Gasteiger partial charge in [0.05, 0.1) is 18.1 Å². The number of nitrogens with zero attached hydrogens (tertiary/aromatic N) is 1. The first-order valence-electron chi connectivity index (χ1n) is 8.20. The van der Waals surface area contributed by atoms with Gasteiger partial charge in [-0.3, -0.25) is 4.79 Å². The van der Waals surface area contributed by atoms with Crippen LogP contribution in [0.4, 0.5) is 0 Å². The zero-order valence-electron chi connectivity index (χ0n) is 13.5. The smallest absolute Gasteiger partial charge is 0.254 e. The van der Waals surface area contributed by atoms with Crippen molar-refractivity contribution in [3.05, 3.63) is 29.8 Å². The molecule has 1 heterocycles. The average molecular weight is 353 g/mol. The molecule has 1 atom stereocenters. The van der Waals surface area contributed by atoms with Crippen LogP contribution in [0.5, 0.6) is 0 Å². The lowest BCUT2D eigenvalue weighted by Gasteiger charge is -2.26. The molecule has 24 heavy (non-hydrogen) atoms. The summed E-state index contributed by atoms with van der Waals surface area (Å²) in [4.78, 5) is 14.2. The van der Waals surface area contributed by atoms with Crippen LogP contribution in [0.2, 0.25) is 0 Å². The van der Waals surface area contributed by atoms with Gasteiger partial charge >= 0.3 is 0 Å². The Kier molecular flexibility index (Phi) is 5.19. The van der Waals surface area contributed by atoms with E-state index in [0.717, 1.165) is 12.8 Å². The Hall–Kier alpha value is -1.48. The number of nitrogens with one attached hydrogen (secondary N) is 1. The van der Waals surface area contributed by atoms with Crippen molar-refractivity contribution >= 4 is 15.9 Å². The molecule has 7 nitrogen and oxygen atoms in total. The van der Waals surface area contributed by atoms with E-state index in [0.29, 0.717) is 37.8 Å². The third-order valence-corrected chi connectivity index (χ3v) is 5.89. The van der Waals surface area contributed by atoms with Crippen molar-refractivity contribution in [3.63, 3.8) is 0 Å². The van der Waals surface area contributed by atoms with Crippen molar-refractivity contribution < 1.29 is 17.9 Å². The number of hydrogen-bond acceptors (Lipinski definition) is 5. The molecule has 1 aliphatic carbocycles. The summed E-state index contributed by atoms with van der Waals surface area (Å²) in [6, 6.07) is 5.87. The van der Waals surface area contributed by atoms with Gasteiger partial charge in [0.1, 0.15) is 0 Å². The number of carbonyl (C=O) groups excluding carboxylic acids is 1. The standard InChI is InChI=1S/C16H23N3O4S/c17-15(12-1-2-12)11-18-24(21,22)14-5-3-13(4-6-14)16(20)19-7-9-23-10-8-19/h3-6,12,15,18H,1-2,7-11,17H2. The highest BCUT2D eigenvalue weighted by Crippen LogP contribution is 2.31. The van der Waals surface area contributed by atoms with Crippen molar-refractivity contribution in [2.24, 2.45) is 11.7 Å². The Morgan fingerprint density at radius 1 is 1.25 bits per heavy atom. The maximum atomic E-state index is 12.3. The fraction of sp³-hybridized carbons (Fsp3) is 0.562. The molecule has 1 saturated heterocycles. The fourth-order valence-electron chi connectivity index (χ4n) is 2.71. The molecule has 0 bridgehead atoms. The number of hydrogen-bond donors (Lipinski definition) is 2. The Bertz CT molecular complexity index is 680. The first-order chi connectivity index (χ1) is 11.5. The molecule has 2 aliphatic rings. The van der Waals surface area contributed by atoms with Crippen LogP contribution in [0, 0.1) is 5.92 Å². The molecular weight excluding hydrogens is 330 g/mol. The number of ether oxygens (including phenoxy) is 1. The van der Waals surface area contributed by atoms with Crippen molar-refractivity contribution in [2.75, 3.05) is 32.8 Å². The first kappa shape index (κ1) is 17.3. The molecule has 2 fully saturated rings. The zero-order chi connectivity index (χ0) is 17.2. The highest BCUT2D eigenvalue weighted by Gasteiger charge is 2.29. The van der Waals surface area contributed by atoms with E-state index in [2.05, 4.69) is 4.72 Å². The predicted octanol–water partition coefficient (Wildman–Crippen LogP) is 0.175. The van der Waals surface area contributed by atoms with Crippen LogP contribution in [-0.2, 0) is 14.8 Å². The van der Waals surface area contributed by atoms with Gasteiger partial charge in [-0.15, -0.1) is 0 Å². The zero-order valence-corrected chi connectivity index (χ0v) is 14.3. The lowest BCUT2D eigenvalue weighted by molar-refractivity contribution is 0.0303. The number of carbonyl (C=O) groups is 1. The minimum atomic E-state index is -3.60. The van der Waals surface area contributed by atoms with E-state index in [1.54, 1.807) is 17.0 Å². The summed E-state index contributed by atoms with van der Waals surface area (Å²) in [5.41, 5.74) is 6.40. The molecule has 3 N–H and O–H groups in total. The summed E-state index contributed by atoms with van der Waals surface area (Å²) in [5, 5.41) is 0. The Labute approximate surface area is 142 Å². The molecule has 1 unspecified atom stereocenters. The molecule has 1 aromatic carbocycles. The predicted molar refractivity (Wildman–Crippen MR) is 89.1 cm³/mol. The Morgan fingerprint density at radius 3 is 2.46 bits per heavy atom. The number of morpholine rings is 1. The van der Waals surface area contributed by atoms with Crippen molar-refractivity contribution in [3.8, 4) is 0 Å². The minimum Gasteiger partial charge on any atom is -0.378 e. The number of benzene rings is 1. The van der Waals surface area contributed by atoms with Gasteiger partial charge in [0, 0.05) is 31.2 Å². The second-order valence-corrected chi connectivity index (χ2v) is 8.05. The third kappa shape index (κ3) is 4.13. The van der Waals surface area contributed by atoms with E-state index in [-0.39, 0.29) is 23.4 Å². The topological polar surface area (TPSA) is 102 Å². The molecule has 8 heteroatoms. The van der Waals surface area contributed by atoms with E-state index >= 15 is 0 Å². The van der Waals surface area contributed by atoms with Gasteiger partial charge in [-0.1, -0.05) is 0 Å². The van der Waals surface area contributed by atoms with E-state index in [1.807, 2.05) is 0 Å². The van der Waals surface area contributed by atoms with Crippen LogP contribution in [0.1, 0.15) is 23.2 Å².